The van der Waals surface area contributed by atoms with Crippen LogP contribution in [-0.2, 0) is 19.7 Å². The summed E-state index contributed by atoms with van der Waals surface area (Å²) in [5, 5.41) is 2.93. The number of nitrogens with zero attached hydrogens (tertiary/aromatic N) is 2. The van der Waals surface area contributed by atoms with Gasteiger partial charge in [0.2, 0.25) is 5.91 Å². The summed E-state index contributed by atoms with van der Waals surface area (Å²) in [6.07, 6.45) is 1.19. The van der Waals surface area contributed by atoms with Gasteiger partial charge in [-0.1, -0.05) is 11.6 Å². The number of halogens is 1. The van der Waals surface area contributed by atoms with Crippen molar-refractivity contribution in [2.75, 3.05) is 39.1 Å². The highest BCUT2D eigenvalue weighted by Crippen LogP contribution is 2.26. The standard InChI is InChI=1S/C17H24ClN3O5S/c1-4-26-17(23)12-7-8-15(14(18)10-12)19-16(22)13-6-5-9-21(11-13)27(24,25)20(2)3/h7-8,10,13H,4-6,9,11H2,1-3H3,(H,19,22)/t13-/m0/s1. The van der Waals surface area contributed by atoms with Crippen LogP contribution in [0.4, 0.5) is 5.69 Å². The Bertz CT molecular complexity index is 813. The van der Waals surface area contributed by atoms with Gasteiger partial charge in [-0.25, -0.2) is 4.79 Å². The zero-order valence-electron chi connectivity index (χ0n) is 15.6. The first-order valence-electron chi connectivity index (χ1n) is 8.62. The Morgan fingerprint density at radius 3 is 2.67 bits per heavy atom. The highest BCUT2D eigenvalue weighted by Gasteiger charge is 2.33. The molecule has 0 bridgehead atoms. The Labute approximate surface area is 164 Å². The fraction of sp³-hybridized carbons (Fsp3) is 0.529. The van der Waals surface area contributed by atoms with Crippen molar-refractivity contribution in [3.05, 3.63) is 28.8 Å². The van der Waals surface area contributed by atoms with E-state index in [0.717, 1.165) is 4.31 Å². The topological polar surface area (TPSA) is 96.0 Å². The van der Waals surface area contributed by atoms with E-state index >= 15 is 0 Å². The number of hydrogen-bond donors (Lipinski definition) is 1. The minimum absolute atomic E-state index is 0.116. The van der Waals surface area contributed by atoms with Crippen molar-refractivity contribution in [1.82, 2.24) is 8.61 Å². The number of benzene rings is 1. The number of ether oxygens (including phenoxy) is 1. The lowest BCUT2D eigenvalue weighted by Gasteiger charge is -2.32. The number of carbonyl (C=O) groups is 2. The number of amides is 1. The molecule has 0 radical (unpaired) electrons. The monoisotopic (exact) mass is 417 g/mol. The molecule has 1 amide bonds. The van der Waals surface area contributed by atoms with Crippen molar-refractivity contribution in [2.45, 2.75) is 19.8 Å². The first-order valence-corrected chi connectivity index (χ1v) is 10.4. The van der Waals surface area contributed by atoms with E-state index in [1.807, 2.05) is 0 Å². The third-order valence-corrected chi connectivity index (χ3v) is 6.50. The average molecular weight is 418 g/mol. The number of anilines is 1. The highest BCUT2D eigenvalue weighted by atomic mass is 35.5. The van der Waals surface area contributed by atoms with Crippen LogP contribution in [0, 0.1) is 5.92 Å². The molecule has 1 fully saturated rings. The first kappa shape index (κ1) is 21.6. The number of hydrogen-bond acceptors (Lipinski definition) is 5. The van der Waals surface area contributed by atoms with E-state index in [-0.39, 0.29) is 24.1 Å². The number of nitrogens with one attached hydrogen (secondary N) is 1. The summed E-state index contributed by atoms with van der Waals surface area (Å²) in [6.45, 7) is 2.46. The van der Waals surface area contributed by atoms with Crippen LogP contribution in [0.25, 0.3) is 0 Å². The van der Waals surface area contributed by atoms with E-state index in [2.05, 4.69) is 5.32 Å². The van der Waals surface area contributed by atoms with Gasteiger partial charge in [0.05, 0.1) is 28.8 Å². The molecule has 0 aromatic heterocycles. The number of carbonyl (C=O) groups excluding carboxylic acids is 2. The second kappa shape index (κ2) is 9.01. The third-order valence-electron chi connectivity index (χ3n) is 4.28. The van der Waals surface area contributed by atoms with Crippen LogP contribution in [0.15, 0.2) is 18.2 Å². The zero-order valence-corrected chi connectivity index (χ0v) is 17.1. The quantitative estimate of drug-likeness (QED) is 0.714. The van der Waals surface area contributed by atoms with E-state index in [0.29, 0.717) is 30.6 Å². The van der Waals surface area contributed by atoms with Crippen molar-refractivity contribution < 1.29 is 22.7 Å². The summed E-state index contributed by atoms with van der Waals surface area (Å²) in [5.41, 5.74) is 0.656. The van der Waals surface area contributed by atoms with Crippen molar-refractivity contribution >= 4 is 39.4 Å². The van der Waals surface area contributed by atoms with Crippen molar-refractivity contribution in [1.29, 1.82) is 0 Å². The molecule has 1 atom stereocenters. The van der Waals surface area contributed by atoms with Gasteiger partial charge in [0.15, 0.2) is 0 Å². The van der Waals surface area contributed by atoms with Crippen LogP contribution >= 0.6 is 11.6 Å². The van der Waals surface area contributed by atoms with Gasteiger partial charge in [-0.3, -0.25) is 4.79 Å². The second-order valence-electron chi connectivity index (χ2n) is 6.39. The van der Waals surface area contributed by atoms with E-state index in [1.165, 1.54) is 36.6 Å². The molecular weight excluding hydrogens is 394 g/mol. The van der Waals surface area contributed by atoms with E-state index < -0.39 is 22.1 Å². The summed E-state index contributed by atoms with van der Waals surface area (Å²) in [4.78, 5) is 24.3. The maximum absolute atomic E-state index is 12.6. The molecule has 2 rings (SSSR count). The lowest BCUT2D eigenvalue weighted by molar-refractivity contribution is -0.120. The van der Waals surface area contributed by atoms with Crippen molar-refractivity contribution in [2.24, 2.45) is 5.92 Å². The molecule has 27 heavy (non-hydrogen) atoms. The number of esters is 1. The van der Waals surface area contributed by atoms with Crippen LogP contribution in [0.5, 0.6) is 0 Å². The van der Waals surface area contributed by atoms with Gasteiger partial charge < -0.3 is 10.1 Å². The van der Waals surface area contributed by atoms with E-state index in [4.69, 9.17) is 16.3 Å². The molecule has 0 saturated carbocycles. The van der Waals surface area contributed by atoms with Gasteiger partial charge in [0.25, 0.3) is 10.2 Å². The third kappa shape index (κ3) is 5.19. The largest absolute Gasteiger partial charge is 0.462 e. The molecule has 1 heterocycles. The molecule has 1 N–H and O–H groups in total. The van der Waals surface area contributed by atoms with Crippen LogP contribution < -0.4 is 5.32 Å². The molecule has 0 aliphatic carbocycles. The first-order chi connectivity index (χ1) is 12.7. The Morgan fingerprint density at radius 2 is 2.07 bits per heavy atom. The predicted molar refractivity (Wildman–Crippen MR) is 103 cm³/mol. The Kier molecular flexibility index (Phi) is 7.21. The van der Waals surface area contributed by atoms with Crippen LogP contribution in [0.2, 0.25) is 5.02 Å². The summed E-state index contributed by atoms with van der Waals surface area (Å²) in [6, 6.07) is 4.48. The maximum atomic E-state index is 12.6. The van der Waals surface area contributed by atoms with Gasteiger partial charge in [0, 0.05) is 27.2 Å². The van der Waals surface area contributed by atoms with Gasteiger partial charge in [-0.15, -0.1) is 0 Å². The molecule has 10 heteroatoms. The van der Waals surface area contributed by atoms with Gasteiger partial charge >= 0.3 is 5.97 Å². The Morgan fingerprint density at radius 1 is 1.37 bits per heavy atom. The highest BCUT2D eigenvalue weighted by molar-refractivity contribution is 7.86. The fourth-order valence-electron chi connectivity index (χ4n) is 2.79. The number of piperidine rings is 1. The van der Waals surface area contributed by atoms with E-state index in [9.17, 15) is 18.0 Å². The molecule has 0 unspecified atom stereocenters. The van der Waals surface area contributed by atoms with E-state index in [1.54, 1.807) is 6.92 Å². The average Bonchev–Trinajstić information content (AvgIpc) is 2.63. The van der Waals surface area contributed by atoms with Gasteiger partial charge in [-0.05, 0) is 38.0 Å². The fourth-order valence-corrected chi connectivity index (χ4v) is 4.21. The minimum Gasteiger partial charge on any atom is -0.462 e. The van der Waals surface area contributed by atoms with Crippen LogP contribution in [0.3, 0.4) is 0 Å². The lowest BCUT2D eigenvalue weighted by atomic mass is 9.98. The molecular formula is C17H24ClN3O5S. The summed E-state index contributed by atoms with van der Waals surface area (Å²) < 4.78 is 31.9. The Balaban J connectivity index is 2.07. The molecule has 150 valence electrons. The normalized spacial score (nSPS) is 18.3. The van der Waals surface area contributed by atoms with Crippen LogP contribution in [0.1, 0.15) is 30.1 Å². The summed E-state index contributed by atoms with van der Waals surface area (Å²) in [5.74, 6) is -1.28. The Hall–Kier alpha value is -1.68. The molecule has 1 aromatic rings. The van der Waals surface area contributed by atoms with Gasteiger partial charge in [0.1, 0.15) is 0 Å². The zero-order chi connectivity index (χ0) is 20.2. The smallest absolute Gasteiger partial charge is 0.338 e. The summed E-state index contributed by atoms with van der Waals surface area (Å²) >= 11 is 6.16. The second-order valence-corrected chi connectivity index (χ2v) is 8.94. The molecule has 1 saturated heterocycles. The van der Waals surface area contributed by atoms with Gasteiger partial charge in [-0.2, -0.15) is 17.0 Å². The SMILES string of the molecule is CCOC(=O)c1ccc(NC(=O)[C@H]2CCCN(S(=O)(=O)N(C)C)C2)c(Cl)c1. The lowest BCUT2D eigenvalue weighted by Crippen LogP contribution is -2.47. The molecule has 0 spiro atoms. The molecule has 8 nitrogen and oxygen atoms in total. The van der Waals surface area contributed by atoms with Crippen molar-refractivity contribution in [3.63, 3.8) is 0 Å². The summed E-state index contributed by atoms with van der Waals surface area (Å²) in [7, 11) is -0.634. The molecule has 1 aliphatic heterocycles. The molecule has 1 aromatic carbocycles. The minimum atomic E-state index is -3.56. The maximum Gasteiger partial charge on any atom is 0.338 e. The number of rotatable bonds is 6. The van der Waals surface area contributed by atoms with Crippen LogP contribution in [-0.4, -0.2) is 62.7 Å². The predicted octanol–water partition coefficient (Wildman–Crippen LogP) is 1.97. The molecule has 1 aliphatic rings. The van der Waals surface area contributed by atoms with Crippen molar-refractivity contribution in [3.8, 4) is 0 Å².